The molecule has 0 saturated carbocycles. The molecular formula is C5H9I2NO2. The van der Waals surface area contributed by atoms with Gasteiger partial charge in [-0.05, 0) is 0 Å². The molecule has 1 aliphatic heterocycles. The van der Waals surface area contributed by atoms with Crippen molar-refractivity contribution in [3.8, 4) is 0 Å². The first kappa shape index (κ1) is 9.43. The Bertz CT molecular complexity index is 99.8. The van der Waals surface area contributed by atoms with Gasteiger partial charge in [0.1, 0.15) is 46.0 Å². The third-order valence-electron chi connectivity index (χ3n) is 1.65. The zero-order valence-electron chi connectivity index (χ0n) is 5.40. The molecule has 0 unspecified atom stereocenters. The highest BCUT2D eigenvalue weighted by Crippen LogP contribution is 2.29. The summed E-state index contributed by atoms with van der Waals surface area (Å²) in [6.07, 6.45) is 1.86. The Balaban J connectivity index is 2.44. The minimum Gasteiger partial charge on any atom is -0.316 e. The molecule has 1 saturated heterocycles. The Morgan fingerprint density at radius 2 is 1.60 bits per heavy atom. The summed E-state index contributed by atoms with van der Waals surface area (Å²) in [4.78, 5) is 0. The molecule has 0 amide bonds. The number of hydrogen-bond acceptors (Lipinski definition) is 3. The van der Waals surface area contributed by atoms with E-state index in [1.54, 1.807) is 0 Å². The van der Waals surface area contributed by atoms with Crippen LogP contribution in [0.15, 0.2) is 0 Å². The Labute approximate surface area is 88.6 Å². The minimum atomic E-state index is -0.327. The van der Waals surface area contributed by atoms with Crippen molar-refractivity contribution in [2.24, 2.45) is 0 Å². The molecular weight excluding hydrogens is 360 g/mol. The van der Waals surface area contributed by atoms with Crippen molar-refractivity contribution in [3.63, 3.8) is 0 Å². The first-order valence-electron chi connectivity index (χ1n) is 3.13. The molecule has 0 spiro atoms. The normalized spacial score (nSPS) is 24.6. The molecule has 0 aromatic rings. The highest BCUT2D eigenvalue weighted by molar-refractivity contribution is 14.1. The van der Waals surface area contributed by atoms with E-state index in [-0.39, 0.29) is 5.79 Å². The van der Waals surface area contributed by atoms with E-state index in [1.165, 1.54) is 0 Å². The van der Waals surface area contributed by atoms with Crippen molar-refractivity contribution >= 4 is 46.0 Å². The molecule has 1 heterocycles. The van der Waals surface area contributed by atoms with Gasteiger partial charge in [-0.15, -0.1) is 0 Å². The van der Waals surface area contributed by atoms with Gasteiger partial charge in [-0.1, -0.05) is 0 Å². The summed E-state index contributed by atoms with van der Waals surface area (Å²) in [6.45, 7) is 1.96. The molecule has 1 aliphatic rings. The van der Waals surface area contributed by atoms with E-state index >= 15 is 0 Å². The topological polar surface area (TPSA) is 30.5 Å². The lowest BCUT2D eigenvalue weighted by Crippen LogP contribution is -2.42. The summed E-state index contributed by atoms with van der Waals surface area (Å²) in [7, 11) is 0. The van der Waals surface area contributed by atoms with Gasteiger partial charge in [0.05, 0.1) is 0 Å². The van der Waals surface area contributed by atoms with Gasteiger partial charge in [-0.3, -0.25) is 6.13 Å². The predicted molar refractivity (Wildman–Crippen MR) is 55.0 cm³/mol. The van der Waals surface area contributed by atoms with Gasteiger partial charge in [-0.2, -0.15) is 0 Å². The van der Waals surface area contributed by atoms with Crippen LogP contribution in [0.2, 0.25) is 0 Å². The molecule has 60 valence electrons. The van der Waals surface area contributed by atoms with Gasteiger partial charge in [-0.25, -0.2) is 0 Å². The summed E-state index contributed by atoms with van der Waals surface area (Å²) < 4.78 is 10.5. The monoisotopic (exact) mass is 369 g/mol. The smallest absolute Gasteiger partial charge is 0.193 e. The maximum atomic E-state index is 5.23. The second kappa shape index (κ2) is 4.39. The summed E-state index contributed by atoms with van der Waals surface area (Å²) in [5.41, 5.74) is 0. The van der Waals surface area contributed by atoms with E-state index in [0.29, 0.717) is 0 Å². The van der Waals surface area contributed by atoms with Crippen molar-refractivity contribution in [1.29, 1.82) is 0 Å². The SMILES string of the molecule is IOC1(OI)CCNCC1. The summed E-state index contributed by atoms with van der Waals surface area (Å²) >= 11 is 3.80. The first-order valence-corrected chi connectivity index (χ1v) is 4.89. The molecule has 1 fully saturated rings. The molecule has 0 aromatic carbocycles. The number of rotatable bonds is 2. The van der Waals surface area contributed by atoms with Crippen molar-refractivity contribution in [2.45, 2.75) is 18.6 Å². The number of nitrogens with one attached hydrogen (secondary N) is 1. The first-order chi connectivity index (χ1) is 4.83. The fraction of sp³-hybridized carbons (Fsp3) is 1.00. The van der Waals surface area contributed by atoms with Crippen LogP contribution >= 0.6 is 46.0 Å². The molecule has 5 heteroatoms. The van der Waals surface area contributed by atoms with Crippen LogP contribution in [0.3, 0.4) is 0 Å². The van der Waals surface area contributed by atoms with Gasteiger partial charge in [0.2, 0.25) is 0 Å². The Hall–Kier alpha value is 1.34. The Morgan fingerprint density at radius 1 is 1.10 bits per heavy atom. The van der Waals surface area contributed by atoms with Gasteiger partial charge < -0.3 is 5.32 Å². The van der Waals surface area contributed by atoms with Crippen LogP contribution in [0.25, 0.3) is 0 Å². The van der Waals surface area contributed by atoms with E-state index in [9.17, 15) is 0 Å². The second-order valence-electron chi connectivity index (χ2n) is 2.31. The van der Waals surface area contributed by atoms with Gasteiger partial charge in [0.25, 0.3) is 0 Å². The predicted octanol–water partition coefficient (Wildman–Crippen LogP) is 1.80. The van der Waals surface area contributed by atoms with Crippen LogP contribution in [0.4, 0.5) is 0 Å². The van der Waals surface area contributed by atoms with Crippen LogP contribution in [0.1, 0.15) is 12.8 Å². The molecule has 0 radical (unpaired) electrons. The van der Waals surface area contributed by atoms with Crippen LogP contribution < -0.4 is 5.32 Å². The Kier molecular flexibility index (Phi) is 4.14. The summed E-state index contributed by atoms with van der Waals surface area (Å²) in [5, 5.41) is 3.24. The standard InChI is InChI=1S/C5H9I2NO2/c6-9-5(10-7)1-3-8-4-2-5/h8H,1-4H2. The zero-order chi connectivity index (χ0) is 7.45. The Morgan fingerprint density at radius 3 is 1.90 bits per heavy atom. The maximum absolute atomic E-state index is 5.23. The second-order valence-corrected chi connectivity index (χ2v) is 3.20. The largest absolute Gasteiger partial charge is 0.316 e. The van der Waals surface area contributed by atoms with E-state index in [2.05, 4.69) is 5.32 Å². The van der Waals surface area contributed by atoms with E-state index < -0.39 is 0 Å². The average Bonchev–Trinajstić information content (AvgIpc) is 2.06. The van der Waals surface area contributed by atoms with E-state index in [0.717, 1.165) is 25.9 Å². The lowest BCUT2D eigenvalue weighted by Gasteiger charge is -2.31. The van der Waals surface area contributed by atoms with Crippen LogP contribution in [-0.4, -0.2) is 18.9 Å². The van der Waals surface area contributed by atoms with Crippen molar-refractivity contribution in [1.82, 2.24) is 5.32 Å². The fourth-order valence-electron chi connectivity index (χ4n) is 0.974. The van der Waals surface area contributed by atoms with E-state index in [4.69, 9.17) is 6.13 Å². The number of piperidine rings is 1. The molecule has 1 rings (SSSR count). The molecule has 0 atom stereocenters. The maximum Gasteiger partial charge on any atom is 0.193 e. The van der Waals surface area contributed by atoms with Gasteiger partial charge >= 0.3 is 0 Å². The van der Waals surface area contributed by atoms with Crippen LogP contribution in [-0.2, 0) is 6.13 Å². The molecule has 3 nitrogen and oxygen atoms in total. The molecule has 0 bridgehead atoms. The van der Waals surface area contributed by atoms with Crippen molar-refractivity contribution in [3.05, 3.63) is 0 Å². The lowest BCUT2D eigenvalue weighted by atomic mass is 10.1. The number of halogens is 2. The average molecular weight is 369 g/mol. The van der Waals surface area contributed by atoms with Crippen molar-refractivity contribution in [2.75, 3.05) is 13.1 Å². The molecule has 0 aromatic heterocycles. The van der Waals surface area contributed by atoms with Gasteiger partial charge in [0, 0.05) is 25.9 Å². The quantitative estimate of drug-likeness (QED) is 0.595. The van der Waals surface area contributed by atoms with E-state index in [1.807, 2.05) is 46.0 Å². The summed E-state index contributed by atoms with van der Waals surface area (Å²) in [6, 6.07) is 0. The zero-order valence-corrected chi connectivity index (χ0v) is 9.72. The van der Waals surface area contributed by atoms with Crippen molar-refractivity contribution < 1.29 is 6.13 Å². The third-order valence-corrected chi connectivity index (χ3v) is 3.25. The molecule has 10 heavy (non-hydrogen) atoms. The number of hydrogen-bond donors (Lipinski definition) is 1. The fourth-order valence-corrected chi connectivity index (χ4v) is 2.38. The highest BCUT2D eigenvalue weighted by atomic mass is 127. The molecule has 1 N–H and O–H groups in total. The minimum absolute atomic E-state index is 0.327. The summed E-state index contributed by atoms with van der Waals surface area (Å²) in [5.74, 6) is -0.327. The van der Waals surface area contributed by atoms with Crippen LogP contribution in [0.5, 0.6) is 0 Å². The van der Waals surface area contributed by atoms with Gasteiger partial charge in [0.15, 0.2) is 5.79 Å². The van der Waals surface area contributed by atoms with Crippen LogP contribution in [0, 0.1) is 0 Å². The highest BCUT2D eigenvalue weighted by Gasteiger charge is 2.33. The third kappa shape index (κ3) is 2.16. The molecule has 0 aliphatic carbocycles. The lowest BCUT2D eigenvalue weighted by molar-refractivity contribution is -0.0736.